The molecule has 0 aliphatic carbocycles. The van der Waals surface area contributed by atoms with E-state index >= 15 is 0 Å². The van der Waals surface area contributed by atoms with E-state index in [1.165, 1.54) is 0 Å². The summed E-state index contributed by atoms with van der Waals surface area (Å²) in [7, 11) is 0. The first-order valence-corrected chi connectivity index (χ1v) is 1.99. The van der Waals surface area contributed by atoms with Gasteiger partial charge in [0.1, 0.15) is 0 Å². The van der Waals surface area contributed by atoms with Gasteiger partial charge in [0.2, 0.25) is 0 Å². The second-order valence-electron chi connectivity index (χ2n) is 1.24. The van der Waals surface area contributed by atoms with Crippen molar-refractivity contribution in [2.45, 2.75) is 12.4 Å². The highest BCUT2D eigenvalue weighted by atomic mass is 17.1. The summed E-state index contributed by atoms with van der Waals surface area (Å²) in [5.41, 5.74) is 0. The van der Waals surface area contributed by atoms with Gasteiger partial charge in [-0.25, -0.2) is 4.89 Å². The van der Waals surface area contributed by atoms with E-state index in [4.69, 9.17) is 20.6 Å². The molecule has 0 amide bonds. The van der Waals surface area contributed by atoms with E-state index < -0.39 is 19.0 Å². The molecule has 1 unspecified atom stereocenters. The van der Waals surface area contributed by atoms with E-state index in [2.05, 4.69) is 4.89 Å². The highest BCUT2D eigenvalue weighted by Gasteiger charge is 2.14. The topological polar surface area (TPSA) is 90.2 Å². The highest BCUT2D eigenvalue weighted by molar-refractivity contribution is 4.52. The van der Waals surface area contributed by atoms with Gasteiger partial charge in [0.05, 0.1) is 6.61 Å². The first kappa shape index (κ1) is 7.80. The average Bonchev–Trinajstić information content (AvgIpc) is 1.69. The van der Waals surface area contributed by atoms with Gasteiger partial charge in [0, 0.05) is 0 Å². The molecule has 8 heavy (non-hydrogen) atoms. The minimum absolute atomic E-state index is 0.631. The number of rotatable bonds is 3. The van der Waals surface area contributed by atoms with Crippen molar-refractivity contribution in [1.82, 2.24) is 0 Å². The van der Waals surface area contributed by atoms with Crippen molar-refractivity contribution in [2.75, 3.05) is 6.61 Å². The zero-order chi connectivity index (χ0) is 6.57. The summed E-state index contributed by atoms with van der Waals surface area (Å²) in [5.74, 6) is 0. The molecule has 0 aliphatic heterocycles. The van der Waals surface area contributed by atoms with Gasteiger partial charge in [0.25, 0.3) is 0 Å². The molecule has 1 atom stereocenters. The zero-order valence-corrected chi connectivity index (χ0v) is 4.06. The summed E-state index contributed by atoms with van der Waals surface area (Å²) < 4.78 is 0. The fraction of sp³-hybridized carbons (Fsp3) is 1.00. The molecule has 0 fully saturated rings. The summed E-state index contributed by atoms with van der Waals surface area (Å²) in [6.07, 6.45) is -3.17. The third-order valence-corrected chi connectivity index (χ3v) is 0.648. The fourth-order valence-corrected chi connectivity index (χ4v) is 0.182. The summed E-state index contributed by atoms with van der Waals surface area (Å²) in [6.45, 7) is -0.631. The van der Waals surface area contributed by atoms with Gasteiger partial charge in [-0.3, -0.25) is 5.26 Å². The predicted molar refractivity (Wildman–Crippen MR) is 22.8 cm³/mol. The van der Waals surface area contributed by atoms with Crippen molar-refractivity contribution < 1.29 is 25.5 Å². The molecule has 0 spiro atoms. The number of hydrogen-bond acceptors (Lipinski definition) is 5. The molecule has 0 radical (unpaired) electrons. The molecular formula is C3H8O5. The summed E-state index contributed by atoms with van der Waals surface area (Å²) in [5, 5.41) is 32.1. The lowest BCUT2D eigenvalue weighted by molar-refractivity contribution is -0.325. The molecule has 0 saturated carbocycles. The van der Waals surface area contributed by atoms with Crippen LogP contribution in [0.4, 0.5) is 0 Å². The fourth-order valence-electron chi connectivity index (χ4n) is 0.182. The van der Waals surface area contributed by atoms with Crippen molar-refractivity contribution >= 4 is 0 Å². The van der Waals surface area contributed by atoms with Gasteiger partial charge in [-0.2, -0.15) is 0 Å². The Labute approximate surface area is 45.7 Å². The Balaban J connectivity index is 3.35. The van der Waals surface area contributed by atoms with Gasteiger partial charge >= 0.3 is 0 Å². The smallest absolute Gasteiger partial charge is 0.184 e. The van der Waals surface area contributed by atoms with Crippen LogP contribution in [0.2, 0.25) is 0 Å². The molecule has 5 nitrogen and oxygen atoms in total. The Kier molecular flexibility index (Phi) is 3.67. The molecule has 0 bridgehead atoms. The van der Waals surface area contributed by atoms with Crippen LogP contribution < -0.4 is 0 Å². The van der Waals surface area contributed by atoms with Crippen LogP contribution in [-0.2, 0) is 4.89 Å². The minimum atomic E-state index is -1.84. The molecule has 4 N–H and O–H groups in total. The van der Waals surface area contributed by atoms with E-state index in [-0.39, 0.29) is 0 Å². The normalized spacial score (nSPS) is 14.6. The molecule has 0 heterocycles. The molecule has 0 aliphatic rings. The van der Waals surface area contributed by atoms with Crippen molar-refractivity contribution in [1.29, 1.82) is 0 Å². The Hall–Kier alpha value is -0.200. The first-order chi connectivity index (χ1) is 3.72. The molecule has 0 aromatic rings. The Morgan fingerprint density at radius 2 is 1.88 bits per heavy atom. The molecule has 50 valence electrons. The van der Waals surface area contributed by atoms with Crippen LogP contribution in [0.5, 0.6) is 0 Å². The van der Waals surface area contributed by atoms with Crippen molar-refractivity contribution in [2.24, 2.45) is 0 Å². The van der Waals surface area contributed by atoms with Crippen LogP contribution in [0.3, 0.4) is 0 Å². The SMILES string of the molecule is OCC(OO)C(O)O. The van der Waals surface area contributed by atoms with E-state index in [9.17, 15) is 0 Å². The van der Waals surface area contributed by atoms with Crippen LogP contribution in [0.15, 0.2) is 0 Å². The van der Waals surface area contributed by atoms with Crippen LogP contribution in [-0.4, -0.2) is 39.6 Å². The molecule has 0 aromatic carbocycles. The highest BCUT2D eigenvalue weighted by Crippen LogP contribution is 1.90. The Morgan fingerprint density at radius 3 is 1.88 bits per heavy atom. The second-order valence-corrected chi connectivity index (χ2v) is 1.24. The average molecular weight is 124 g/mol. The van der Waals surface area contributed by atoms with Crippen molar-refractivity contribution in [3.63, 3.8) is 0 Å². The quantitative estimate of drug-likeness (QED) is 0.201. The van der Waals surface area contributed by atoms with Gasteiger partial charge in [-0.05, 0) is 0 Å². The summed E-state index contributed by atoms with van der Waals surface area (Å²) in [4.78, 5) is 3.41. The molecule has 5 heteroatoms. The number of aliphatic hydroxyl groups excluding tert-OH is 2. The van der Waals surface area contributed by atoms with Crippen LogP contribution in [0.1, 0.15) is 0 Å². The van der Waals surface area contributed by atoms with Crippen molar-refractivity contribution in [3.05, 3.63) is 0 Å². The van der Waals surface area contributed by atoms with E-state index in [0.717, 1.165) is 0 Å². The summed E-state index contributed by atoms with van der Waals surface area (Å²) in [6, 6.07) is 0. The maximum Gasteiger partial charge on any atom is 0.184 e. The summed E-state index contributed by atoms with van der Waals surface area (Å²) >= 11 is 0. The lowest BCUT2D eigenvalue weighted by Gasteiger charge is -2.10. The molecular weight excluding hydrogens is 116 g/mol. The standard InChI is InChI=1S/C3H8O5/c4-1-2(8-7)3(5)6/h2-7H,1H2. The number of aliphatic hydroxyl groups is 3. The first-order valence-electron chi connectivity index (χ1n) is 1.99. The third-order valence-electron chi connectivity index (χ3n) is 0.648. The van der Waals surface area contributed by atoms with E-state index in [1.54, 1.807) is 0 Å². The van der Waals surface area contributed by atoms with Gasteiger partial charge in [-0.15, -0.1) is 0 Å². The van der Waals surface area contributed by atoms with Crippen LogP contribution >= 0.6 is 0 Å². The van der Waals surface area contributed by atoms with E-state index in [1.807, 2.05) is 0 Å². The maximum absolute atomic E-state index is 8.12. The Morgan fingerprint density at radius 1 is 1.38 bits per heavy atom. The van der Waals surface area contributed by atoms with Crippen LogP contribution in [0, 0.1) is 0 Å². The monoisotopic (exact) mass is 124 g/mol. The van der Waals surface area contributed by atoms with Gasteiger partial charge in [-0.1, -0.05) is 0 Å². The van der Waals surface area contributed by atoms with Crippen LogP contribution in [0.25, 0.3) is 0 Å². The van der Waals surface area contributed by atoms with E-state index in [0.29, 0.717) is 0 Å². The molecule has 0 rings (SSSR count). The largest absolute Gasteiger partial charge is 0.393 e. The lowest BCUT2D eigenvalue weighted by atomic mass is 10.4. The maximum atomic E-state index is 8.12. The minimum Gasteiger partial charge on any atom is -0.393 e. The second kappa shape index (κ2) is 3.76. The van der Waals surface area contributed by atoms with Crippen molar-refractivity contribution in [3.8, 4) is 0 Å². The third kappa shape index (κ3) is 2.20. The van der Waals surface area contributed by atoms with Gasteiger partial charge in [0.15, 0.2) is 12.4 Å². The predicted octanol–water partition coefficient (Wildman–Crippen LogP) is -1.85. The molecule has 0 aromatic heterocycles. The zero-order valence-electron chi connectivity index (χ0n) is 4.06. The number of hydrogen-bond donors (Lipinski definition) is 4. The van der Waals surface area contributed by atoms with Gasteiger partial charge < -0.3 is 15.3 Å². The lowest BCUT2D eigenvalue weighted by Crippen LogP contribution is -2.30. The molecule has 0 saturated heterocycles. The Bertz CT molecular complexity index is 49.6.